The summed E-state index contributed by atoms with van der Waals surface area (Å²) in [6.07, 6.45) is 4.40. The fourth-order valence-corrected chi connectivity index (χ4v) is 4.50. The monoisotopic (exact) mass is 509 g/mol. The number of benzene rings is 2. The van der Waals surface area contributed by atoms with E-state index < -0.39 is 17.3 Å². The SMILES string of the molecule is CC(C)(CO)NC(=O)CC1CCC(c2ccc(NC(=O)c3nnc(Nc4ccccc4F)o3)cc2)CC1. The number of anilines is 3. The van der Waals surface area contributed by atoms with Gasteiger partial charge in [-0.05, 0) is 81.2 Å². The van der Waals surface area contributed by atoms with Gasteiger partial charge in [0.05, 0.1) is 17.8 Å². The quantitative estimate of drug-likeness (QED) is 0.327. The number of carbonyl (C=O) groups is 2. The van der Waals surface area contributed by atoms with Crippen LogP contribution in [0, 0.1) is 11.7 Å². The minimum absolute atomic E-state index is 0.0148. The van der Waals surface area contributed by atoms with Crippen molar-refractivity contribution in [2.75, 3.05) is 17.2 Å². The molecule has 0 spiro atoms. The van der Waals surface area contributed by atoms with E-state index >= 15 is 0 Å². The van der Waals surface area contributed by atoms with Gasteiger partial charge in [-0.3, -0.25) is 9.59 Å². The van der Waals surface area contributed by atoms with Gasteiger partial charge >= 0.3 is 17.8 Å². The van der Waals surface area contributed by atoms with Crippen LogP contribution in [0.1, 0.15) is 68.1 Å². The molecule has 0 atom stereocenters. The van der Waals surface area contributed by atoms with Gasteiger partial charge in [-0.2, -0.15) is 0 Å². The Bertz CT molecular complexity index is 1220. The maximum absolute atomic E-state index is 13.8. The molecule has 37 heavy (non-hydrogen) atoms. The summed E-state index contributed by atoms with van der Waals surface area (Å²) in [5.41, 5.74) is 1.34. The lowest BCUT2D eigenvalue weighted by molar-refractivity contribution is -0.124. The van der Waals surface area contributed by atoms with E-state index in [0.29, 0.717) is 23.9 Å². The van der Waals surface area contributed by atoms with Crippen molar-refractivity contribution >= 4 is 29.2 Å². The van der Waals surface area contributed by atoms with Crippen LogP contribution in [0.3, 0.4) is 0 Å². The number of aliphatic hydroxyl groups is 1. The third kappa shape index (κ3) is 7.13. The number of nitrogens with zero attached hydrogens (tertiary/aromatic N) is 2. The molecule has 2 aromatic carbocycles. The number of amides is 2. The molecule has 1 fully saturated rings. The maximum Gasteiger partial charge on any atom is 0.320 e. The van der Waals surface area contributed by atoms with Crippen molar-refractivity contribution in [3.8, 4) is 0 Å². The molecule has 9 nitrogen and oxygen atoms in total. The van der Waals surface area contributed by atoms with Gasteiger partial charge < -0.3 is 25.5 Å². The minimum atomic E-state index is -0.601. The average Bonchev–Trinajstić information content (AvgIpc) is 3.35. The fraction of sp³-hybridized carbons (Fsp3) is 0.407. The summed E-state index contributed by atoms with van der Waals surface area (Å²) in [6.45, 7) is 3.52. The predicted octanol–water partition coefficient (Wildman–Crippen LogP) is 4.76. The molecule has 1 saturated carbocycles. The molecule has 1 heterocycles. The molecule has 0 bridgehead atoms. The number of rotatable bonds is 9. The summed E-state index contributed by atoms with van der Waals surface area (Å²) in [5, 5.41) is 25.1. The molecule has 0 radical (unpaired) electrons. The van der Waals surface area contributed by atoms with E-state index in [0.717, 1.165) is 25.7 Å². The molecule has 0 saturated heterocycles. The molecular weight excluding hydrogens is 477 g/mol. The molecule has 1 aliphatic carbocycles. The van der Waals surface area contributed by atoms with Crippen molar-refractivity contribution in [2.45, 2.75) is 57.4 Å². The van der Waals surface area contributed by atoms with E-state index in [-0.39, 0.29) is 30.1 Å². The minimum Gasteiger partial charge on any atom is -0.399 e. The Hall–Kier alpha value is -3.79. The summed E-state index contributed by atoms with van der Waals surface area (Å²) in [5.74, 6) is -0.554. The van der Waals surface area contributed by atoms with Crippen molar-refractivity contribution in [1.29, 1.82) is 0 Å². The molecule has 0 unspecified atom stereocenters. The van der Waals surface area contributed by atoms with E-state index in [4.69, 9.17) is 4.42 Å². The Morgan fingerprint density at radius 2 is 1.76 bits per heavy atom. The number of hydrogen-bond donors (Lipinski definition) is 4. The number of aliphatic hydroxyl groups excluding tert-OH is 1. The highest BCUT2D eigenvalue weighted by molar-refractivity contribution is 6.00. The number of aromatic nitrogens is 2. The van der Waals surface area contributed by atoms with Crippen LogP contribution < -0.4 is 16.0 Å². The molecule has 10 heteroatoms. The van der Waals surface area contributed by atoms with Crippen molar-refractivity contribution in [2.24, 2.45) is 5.92 Å². The Morgan fingerprint density at radius 1 is 1.05 bits per heavy atom. The van der Waals surface area contributed by atoms with Gasteiger partial charge in [-0.15, -0.1) is 5.10 Å². The number of hydrogen-bond acceptors (Lipinski definition) is 7. The highest BCUT2D eigenvalue weighted by Crippen LogP contribution is 2.37. The van der Waals surface area contributed by atoms with Gasteiger partial charge in [0, 0.05) is 12.1 Å². The van der Waals surface area contributed by atoms with Crippen LogP contribution in [0.15, 0.2) is 52.9 Å². The second kappa shape index (κ2) is 11.5. The molecule has 1 aliphatic rings. The molecule has 1 aromatic heterocycles. The topological polar surface area (TPSA) is 129 Å². The van der Waals surface area contributed by atoms with Crippen LogP contribution in [0.5, 0.6) is 0 Å². The number of para-hydroxylation sites is 1. The summed E-state index contributed by atoms with van der Waals surface area (Å²) < 4.78 is 19.1. The smallest absolute Gasteiger partial charge is 0.320 e. The van der Waals surface area contributed by atoms with Gasteiger partial charge in [0.15, 0.2) is 0 Å². The lowest BCUT2D eigenvalue weighted by atomic mass is 9.77. The van der Waals surface area contributed by atoms with Gasteiger partial charge in [-0.25, -0.2) is 4.39 Å². The number of carbonyl (C=O) groups excluding carboxylic acids is 2. The summed E-state index contributed by atoms with van der Waals surface area (Å²) >= 11 is 0. The standard InChI is InChI=1S/C27H32FN5O4/c1-27(2,16-34)31-23(35)15-17-7-9-18(10-8-17)19-11-13-20(14-12-19)29-24(36)25-32-33-26(37-25)30-22-6-4-3-5-21(22)28/h3-6,11-14,17-18,34H,7-10,15-16H2,1-2H3,(H,29,36)(H,30,33)(H,31,35). The Morgan fingerprint density at radius 3 is 2.43 bits per heavy atom. The molecule has 3 aromatic rings. The van der Waals surface area contributed by atoms with Crippen molar-refractivity contribution in [3.63, 3.8) is 0 Å². The number of nitrogens with one attached hydrogen (secondary N) is 3. The van der Waals surface area contributed by atoms with E-state index in [1.165, 1.54) is 17.7 Å². The number of halogens is 1. The van der Waals surface area contributed by atoms with Crippen molar-refractivity contribution in [1.82, 2.24) is 15.5 Å². The zero-order valence-electron chi connectivity index (χ0n) is 21.0. The molecule has 4 N–H and O–H groups in total. The van der Waals surface area contributed by atoms with Crippen molar-refractivity contribution in [3.05, 3.63) is 65.8 Å². The normalized spacial score (nSPS) is 17.7. The fourth-order valence-electron chi connectivity index (χ4n) is 4.50. The van der Waals surface area contributed by atoms with E-state index in [2.05, 4.69) is 26.1 Å². The first-order valence-corrected chi connectivity index (χ1v) is 12.4. The third-order valence-corrected chi connectivity index (χ3v) is 6.57. The van der Waals surface area contributed by atoms with Crippen molar-refractivity contribution < 1.29 is 23.5 Å². The lowest BCUT2D eigenvalue weighted by Gasteiger charge is -2.30. The zero-order valence-corrected chi connectivity index (χ0v) is 21.0. The summed E-state index contributed by atoms with van der Waals surface area (Å²) in [4.78, 5) is 24.8. The molecule has 4 rings (SSSR count). The molecular formula is C27H32FN5O4. The Balaban J connectivity index is 1.26. The van der Waals surface area contributed by atoms with Gasteiger partial charge in [-0.1, -0.05) is 29.4 Å². The highest BCUT2D eigenvalue weighted by Gasteiger charge is 2.26. The van der Waals surface area contributed by atoms with E-state index in [1.54, 1.807) is 26.0 Å². The second-order valence-corrected chi connectivity index (χ2v) is 10.1. The first kappa shape index (κ1) is 26.3. The first-order valence-electron chi connectivity index (χ1n) is 12.4. The van der Waals surface area contributed by atoms with Crippen LogP contribution in [0.25, 0.3) is 0 Å². The molecule has 2 amide bonds. The summed E-state index contributed by atoms with van der Waals surface area (Å²) in [6, 6.07) is 13.6. The summed E-state index contributed by atoms with van der Waals surface area (Å²) in [7, 11) is 0. The zero-order chi connectivity index (χ0) is 26.4. The van der Waals surface area contributed by atoms with Crippen LogP contribution in [0.4, 0.5) is 21.8 Å². The van der Waals surface area contributed by atoms with Crippen LogP contribution >= 0.6 is 0 Å². The average molecular weight is 510 g/mol. The predicted molar refractivity (Wildman–Crippen MR) is 137 cm³/mol. The maximum atomic E-state index is 13.8. The second-order valence-electron chi connectivity index (χ2n) is 10.1. The lowest BCUT2D eigenvalue weighted by Crippen LogP contribution is -2.46. The molecule has 196 valence electrons. The molecule has 0 aliphatic heterocycles. The van der Waals surface area contributed by atoms with E-state index in [9.17, 15) is 19.1 Å². The highest BCUT2D eigenvalue weighted by atomic mass is 19.1. The third-order valence-electron chi connectivity index (χ3n) is 6.57. The van der Waals surface area contributed by atoms with Crippen LogP contribution in [0.2, 0.25) is 0 Å². The first-order chi connectivity index (χ1) is 17.7. The largest absolute Gasteiger partial charge is 0.399 e. The van der Waals surface area contributed by atoms with Crippen LogP contribution in [-0.2, 0) is 4.79 Å². The Labute approximate surface area is 214 Å². The van der Waals surface area contributed by atoms with Crippen LogP contribution in [-0.4, -0.2) is 39.3 Å². The van der Waals surface area contributed by atoms with Gasteiger partial charge in [0.2, 0.25) is 5.91 Å². The Kier molecular flexibility index (Phi) is 8.17. The van der Waals surface area contributed by atoms with Gasteiger partial charge in [0.1, 0.15) is 5.82 Å². The van der Waals surface area contributed by atoms with Gasteiger partial charge in [0.25, 0.3) is 0 Å². The van der Waals surface area contributed by atoms with E-state index in [1.807, 2.05) is 24.3 Å².